The van der Waals surface area contributed by atoms with E-state index in [1.807, 2.05) is 59.5 Å². The third kappa shape index (κ3) is 7.89. The van der Waals surface area contributed by atoms with Crippen LogP contribution in [-0.4, -0.2) is 90.6 Å². The average molecular weight is 641 g/mol. The Labute approximate surface area is 277 Å². The van der Waals surface area contributed by atoms with Crippen LogP contribution in [0, 0.1) is 5.92 Å². The van der Waals surface area contributed by atoms with E-state index in [4.69, 9.17) is 4.74 Å². The van der Waals surface area contributed by atoms with Crippen molar-refractivity contribution >= 4 is 34.2 Å². The molecule has 3 aromatic carbocycles. The van der Waals surface area contributed by atoms with Crippen molar-refractivity contribution in [3.05, 3.63) is 72.3 Å². The Morgan fingerprint density at radius 1 is 0.915 bits per heavy atom. The SMILES string of the molecule is COc1ccccc1N1CCN(C(=O)C(Cc2ccc3ccccc3c2)NC(=O)C2C[C@@H](O)CN2C(=O)CCC2CCCCC2)CC1. The van der Waals surface area contributed by atoms with E-state index in [1.165, 1.54) is 19.3 Å². The highest BCUT2D eigenvalue weighted by Crippen LogP contribution is 2.30. The van der Waals surface area contributed by atoms with Crippen LogP contribution in [0.25, 0.3) is 10.8 Å². The predicted octanol–water partition coefficient (Wildman–Crippen LogP) is 4.55. The van der Waals surface area contributed by atoms with Gasteiger partial charge in [-0.1, -0.05) is 86.7 Å². The maximum absolute atomic E-state index is 14.2. The molecule has 47 heavy (non-hydrogen) atoms. The summed E-state index contributed by atoms with van der Waals surface area (Å²) < 4.78 is 5.56. The Kier molecular flexibility index (Phi) is 10.6. The summed E-state index contributed by atoms with van der Waals surface area (Å²) in [5, 5.41) is 15.8. The highest BCUT2D eigenvalue weighted by molar-refractivity contribution is 5.93. The maximum atomic E-state index is 14.2. The van der Waals surface area contributed by atoms with Crippen LogP contribution < -0.4 is 15.0 Å². The third-order valence-corrected chi connectivity index (χ3v) is 10.3. The van der Waals surface area contributed by atoms with E-state index in [2.05, 4.69) is 22.3 Å². The molecule has 2 saturated heterocycles. The minimum atomic E-state index is -0.807. The lowest BCUT2D eigenvalue weighted by molar-refractivity contribution is -0.141. The average Bonchev–Trinajstić information content (AvgIpc) is 3.52. The number of rotatable bonds is 10. The van der Waals surface area contributed by atoms with E-state index in [0.717, 1.165) is 47.0 Å². The van der Waals surface area contributed by atoms with Crippen molar-refractivity contribution in [1.29, 1.82) is 0 Å². The Morgan fingerprint density at radius 2 is 1.64 bits per heavy atom. The van der Waals surface area contributed by atoms with Gasteiger partial charge in [0.25, 0.3) is 0 Å². The molecule has 2 N–H and O–H groups in total. The molecule has 1 aliphatic carbocycles. The van der Waals surface area contributed by atoms with Crippen molar-refractivity contribution in [2.24, 2.45) is 5.92 Å². The van der Waals surface area contributed by atoms with Gasteiger partial charge in [0.05, 0.1) is 18.9 Å². The number of aliphatic hydroxyl groups excluding tert-OH is 1. The number of aliphatic hydroxyl groups is 1. The summed E-state index contributed by atoms with van der Waals surface area (Å²) in [5.41, 5.74) is 1.94. The lowest BCUT2D eigenvalue weighted by Crippen LogP contribution is -2.57. The summed E-state index contributed by atoms with van der Waals surface area (Å²) in [6.07, 6.45) is 6.96. The lowest BCUT2D eigenvalue weighted by atomic mass is 9.86. The first-order valence-electron chi connectivity index (χ1n) is 17.3. The molecule has 1 saturated carbocycles. The molecule has 250 valence electrons. The zero-order valence-corrected chi connectivity index (χ0v) is 27.5. The zero-order chi connectivity index (χ0) is 32.8. The van der Waals surface area contributed by atoms with E-state index in [0.29, 0.717) is 44.9 Å². The number of carbonyl (C=O) groups excluding carboxylic acids is 3. The van der Waals surface area contributed by atoms with Crippen molar-refractivity contribution in [2.45, 2.75) is 76.0 Å². The van der Waals surface area contributed by atoms with Crippen LogP contribution in [0.4, 0.5) is 5.69 Å². The first-order chi connectivity index (χ1) is 22.9. The molecule has 2 aliphatic heterocycles. The van der Waals surface area contributed by atoms with Crippen LogP contribution in [-0.2, 0) is 20.8 Å². The van der Waals surface area contributed by atoms with Crippen molar-refractivity contribution in [3.63, 3.8) is 0 Å². The molecule has 0 spiro atoms. The summed E-state index contributed by atoms with van der Waals surface area (Å²) in [5.74, 6) is 0.752. The number of fused-ring (bicyclic) bond motifs is 1. The van der Waals surface area contributed by atoms with Crippen LogP contribution in [0.2, 0.25) is 0 Å². The smallest absolute Gasteiger partial charge is 0.245 e. The van der Waals surface area contributed by atoms with Gasteiger partial charge in [0.15, 0.2) is 0 Å². The molecule has 6 rings (SSSR count). The van der Waals surface area contributed by atoms with Crippen LogP contribution in [0.5, 0.6) is 5.75 Å². The number of ether oxygens (including phenoxy) is 1. The molecule has 0 radical (unpaired) electrons. The molecule has 2 unspecified atom stereocenters. The number of hydrogen-bond donors (Lipinski definition) is 2. The summed E-state index contributed by atoms with van der Waals surface area (Å²) in [7, 11) is 1.66. The molecule has 3 aromatic rings. The Morgan fingerprint density at radius 3 is 2.40 bits per heavy atom. The van der Waals surface area contributed by atoms with Gasteiger partial charge in [0.1, 0.15) is 17.8 Å². The number of β-amino-alcohol motifs (C(OH)–C–C–N with tert-alkyl or cyclic N) is 1. The standard InChI is InChI=1S/C38H48N4O5/c1-47-35-14-8-7-13-33(35)40-19-21-41(22-20-40)38(46)32(24-28-15-17-29-11-5-6-12-30(29)23-28)39-37(45)34-25-31(43)26-42(34)36(44)18-16-27-9-3-2-4-10-27/h5-8,11-15,17,23,27,31-32,34,43H,2-4,9-10,16,18-22,24-26H2,1H3,(H,39,45)/t31-,32?,34?/m1/s1. The second-order valence-electron chi connectivity index (χ2n) is 13.4. The van der Waals surface area contributed by atoms with Gasteiger partial charge < -0.3 is 29.9 Å². The second kappa shape index (κ2) is 15.2. The fourth-order valence-corrected chi connectivity index (χ4v) is 7.63. The molecule has 0 bridgehead atoms. The van der Waals surface area contributed by atoms with E-state index >= 15 is 0 Å². The van der Waals surface area contributed by atoms with E-state index in [-0.39, 0.29) is 30.7 Å². The number of piperazine rings is 1. The first kappa shape index (κ1) is 32.8. The number of anilines is 1. The van der Waals surface area contributed by atoms with Crippen molar-refractivity contribution in [3.8, 4) is 5.75 Å². The molecular formula is C38H48N4O5. The number of hydrogen-bond acceptors (Lipinski definition) is 6. The van der Waals surface area contributed by atoms with Crippen molar-refractivity contribution < 1.29 is 24.2 Å². The molecule has 3 amide bonds. The van der Waals surface area contributed by atoms with Gasteiger partial charge in [-0.25, -0.2) is 0 Å². The van der Waals surface area contributed by atoms with Crippen LogP contribution in [0.3, 0.4) is 0 Å². The number of para-hydroxylation sites is 2. The van der Waals surface area contributed by atoms with Gasteiger partial charge in [-0.2, -0.15) is 0 Å². The number of benzene rings is 3. The molecule has 3 fully saturated rings. The molecule has 9 heteroatoms. The summed E-state index contributed by atoms with van der Waals surface area (Å²) >= 11 is 0. The van der Waals surface area contributed by atoms with E-state index in [9.17, 15) is 19.5 Å². The number of nitrogens with one attached hydrogen (secondary N) is 1. The highest BCUT2D eigenvalue weighted by atomic mass is 16.5. The molecule has 2 heterocycles. The van der Waals surface area contributed by atoms with Gasteiger partial charge >= 0.3 is 0 Å². The van der Waals surface area contributed by atoms with Crippen molar-refractivity contribution in [1.82, 2.24) is 15.1 Å². The summed E-state index contributed by atoms with van der Waals surface area (Å²) in [6, 6.07) is 20.5. The maximum Gasteiger partial charge on any atom is 0.245 e. The molecule has 3 atom stereocenters. The minimum absolute atomic E-state index is 0.0860. The normalized spacial score (nSPS) is 21.1. The number of carbonyl (C=O) groups is 3. The van der Waals surface area contributed by atoms with Crippen LogP contribution >= 0.6 is 0 Å². The lowest BCUT2D eigenvalue weighted by Gasteiger charge is -2.38. The van der Waals surface area contributed by atoms with Gasteiger partial charge in [-0.05, 0) is 40.8 Å². The number of methoxy groups -OCH3 is 1. The Balaban J connectivity index is 1.16. The van der Waals surface area contributed by atoms with Gasteiger partial charge in [0, 0.05) is 52.0 Å². The van der Waals surface area contributed by atoms with Gasteiger partial charge in [-0.15, -0.1) is 0 Å². The minimum Gasteiger partial charge on any atom is -0.495 e. The largest absolute Gasteiger partial charge is 0.495 e. The zero-order valence-electron chi connectivity index (χ0n) is 27.5. The number of amides is 3. The van der Waals surface area contributed by atoms with E-state index in [1.54, 1.807) is 12.0 Å². The van der Waals surface area contributed by atoms with E-state index < -0.39 is 18.2 Å². The Hall–Kier alpha value is -4.11. The monoisotopic (exact) mass is 640 g/mol. The molecule has 3 aliphatic rings. The molecule has 0 aromatic heterocycles. The quantitative estimate of drug-likeness (QED) is 0.337. The Bertz CT molecular complexity index is 1550. The number of nitrogens with zero attached hydrogens (tertiary/aromatic N) is 3. The van der Waals surface area contributed by atoms with Crippen LogP contribution in [0.1, 0.15) is 56.9 Å². The summed E-state index contributed by atoms with van der Waals surface area (Å²) in [4.78, 5) is 47.1. The molecule has 9 nitrogen and oxygen atoms in total. The first-order valence-corrected chi connectivity index (χ1v) is 17.3. The number of likely N-dealkylation sites (tertiary alicyclic amines) is 1. The van der Waals surface area contributed by atoms with Crippen molar-refractivity contribution in [2.75, 3.05) is 44.7 Å². The van der Waals surface area contributed by atoms with Gasteiger partial charge in [-0.3, -0.25) is 14.4 Å². The second-order valence-corrected chi connectivity index (χ2v) is 13.4. The topological polar surface area (TPSA) is 102 Å². The molecular weight excluding hydrogens is 592 g/mol. The van der Waals surface area contributed by atoms with Crippen LogP contribution in [0.15, 0.2) is 66.7 Å². The highest BCUT2D eigenvalue weighted by Gasteiger charge is 2.40. The van der Waals surface area contributed by atoms with Gasteiger partial charge in [0.2, 0.25) is 17.7 Å². The fourth-order valence-electron chi connectivity index (χ4n) is 7.63. The predicted molar refractivity (Wildman–Crippen MR) is 183 cm³/mol. The summed E-state index contributed by atoms with van der Waals surface area (Å²) in [6.45, 7) is 2.45. The fraction of sp³-hybridized carbons (Fsp3) is 0.500. The third-order valence-electron chi connectivity index (χ3n) is 10.3.